The Hall–Kier alpha value is -1.84. The molecule has 2 unspecified atom stereocenters. The Bertz CT molecular complexity index is 657. The second kappa shape index (κ2) is 7.16. The standard InChI is InChI=1S/C19H20ClNO2/c20-17-10-8-14(9-11-17)18(22)16-7-4-12-21(13-16)19(23)15-5-2-1-3-6-15/h1-3,5-6,8-11,16,18,22H,4,7,12-13H2. The molecule has 1 aliphatic heterocycles. The van der Waals surface area contributed by atoms with Crippen LogP contribution in [0.3, 0.4) is 0 Å². The molecule has 3 rings (SSSR count). The van der Waals surface area contributed by atoms with Gasteiger partial charge in [0.2, 0.25) is 0 Å². The SMILES string of the molecule is O=C(c1ccccc1)N1CCCC(C(O)c2ccc(Cl)cc2)C1. The lowest BCUT2D eigenvalue weighted by molar-refractivity contribution is 0.0401. The van der Waals surface area contributed by atoms with E-state index >= 15 is 0 Å². The van der Waals surface area contributed by atoms with Gasteiger partial charge < -0.3 is 10.0 Å². The highest BCUT2D eigenvalue weighted by atomic mass is 35.5. The number of carbonyl (C=O) groups excluding carboxylic acids is 1. The summed E-state index contributed by atoms with van der Waals surface area (Å²) in [4.78, 5) is 14.4. The molecule has 2 aromatic rings. The van der Waals surface area contributed by atoms with Crippen LogP contribution >= 0.6 is 11.6 Å². The van der Waals surface area contributed by atoms with Crippen molar-refractivity contribution in [1.82, 2.24) is 4.90 Å². The molecule has 2 aromatic carbocycles. The third-order valence-electron chi connectivity index (χ3n) is 4.42. The van der Waals surface area contributed by atoms with Crippen LogP contribution in [0, 0.1) is 5.92 Å². The average Bonchev–Trinajstić information content (AvgIpc) is 2.62. The molecule has 4 heteroatoms. The van der Waals surface area contributed by atoms with Crippen molar-refractivity contribution in [2.24, 2.45) is 5.92 Å². The first-order chi connectivity index (χ1) is 11.1. The predicted molar refractivity (Wildman–Crippen MR) is 91.5 cm³/mol. The molecule has 3 nitrogen and oxygen atoms in total. The van der Waals surface area contributed by atoms with Crippen LogP contribution in [0.15, 0.2) is 54.6 Å². The number of aliphatic hydroxyl groups is 1. The van der Waals surface area contributed by atoms with Crippen LogP contribution in [0.5, 0.6) is 0 Å². The molecule has 1 aliphatic rings. The highest BCUT2D eigenvalue weighted by molar-refractivity contribution is 6.30. The molecule has 1 amide bonds. The molecule has 0 saturated carbocycles. The minimum atomic E-state index is -0.571. The number of nitrogens with zero attached hydrogens (tertiary/aromatic N) is 1. The molecule has 1 N–H and O–H groups in total. The van der Waals surface area contributed by atoms with Crippen LogP contribution in [0.2, 0.25) is 5.02 Å². The Kier molecular flexibility index (Phi) is 4.99. The van der Waals surface area contributed by atoms with Crippen molar-refractivity contribution < 1.29 is 9.90 Å². The number of aliphatic hydroxyl groups excluding tert-OH is 1. The average molecular weight is 330 g/mol. The van der Waals surface area contributed by atoms with E-state index < -0.39 is 6.10 Å². The predicted octanol–water partition coefficient (Wildman–Crippen LogP) is 3.93. The zero-order valence-corrected chi connectivity index (χ0v) is 13.6. The van der Waals surface area contributed by atoms with Gasteiger partial charge in [0.05, 0.1) is 6.10 Å². The summed E-state index contributed by atoms with van der Waals surface area (Å²) in [7, 11) is 0. The van der Waals surface area contributed by atoms with E-state index in [0.717, 1.165) is 24.9 Å². The number of hydrogen-bond donors (Lipinski definition) is 1. The van der Waals surface area contributed by atoms with Crippen molar-refractivity contribution in [3.05, 3.63) is 70.7 Å². The number of likely N-dealkylation sites (tertiary alicyclic amines) is 1. The van der Waals surface area contributed by atoms with Gasteiger partial charge in [0, 0.05) is 29.6 Å². The number of benzene rings is 2. The normalized spacial score (nSPS) is 19.4. The van der Waals surface area contributed by atoms with E-state index in [1.165, 1.54) is 0 Å². The number of piperidine rings is 1. The van der Waals surface area contributed by atoms with Gasteiger partial charge in [-0.3, -0.25) is 4.79 Å². The summed E-state index contributed by atoms with van der Waals surface area (Å²) in [5.74, 6) is 0.0937. The fraction of sp³-hybridized carbons (Fsp3) is 0.316. The molecule has 0 bridgehead atoms. The summed E-state index contributed by atoms with van der Waals surface area (Å²) >= 11 is 5.90. The number of halogens is 1. The molecular formula is C19H20ClNO2. The first kappa shape index (κ1) is 16.0. The Balaban J connectivity index is 1.70. The summed E-state index contributed by atoms with van der Waals surface area (Å²) in [6.45, 7) is 1.33. The maximum Gasteiger partial charge on any atom is 0.253 e. The highest BCUT2D eigenvalue weighted by Gasteiger charge is 2.29. The summed E-state index contributed by atoms with van der Waals surface area (Å²) in [5, 5.41) is 11.3. The van der Waals surface area contributed by atoms with Gasteiger partial charge in [-0.25, -0.2) is 0 Å². The maximum absolute atomic E-state index is 12.6. The number of amides is 1. The van der Waals surface area contributed by atoms with Crippen molar-refractivity contribution >= 4 is 17.5 Å². The van der Waals surface area contributed by atoms with E-state index in [2.05, 4.69) is 0 Å². The topological polar surface area (TPSA) is 40.5 Å². The fourth-order valence-electron chi connectivity index (χ4n) is 3.15. The van der Waals surface area contributed by atoms with Crippen molar-refractivity contribution in [2.75, 3.05) is 13.1 Å². The van der Waals surface area contributed by atoms with Crippen LogP contribution < -0.4 is 0 Å². The number of hydrogen-bond acceptors (Lipinski definition) is 2. The van der Waals surface area contributed by atoms with Gasteiger partial charge >= 0.3 is 0 Å². The largest absolute Gasteiger partial charge is 0.388 e. The summed E-state index contributed by atoms with van der Waals surface area (Å²) < 4.78 is 0. The number of rotatable bonds is 3. The lowest BCUT2D eigenvalue weighted by Crippen LogP contribution is -2.41. The van der Waals surface area contributed by atoms with E-state index in [4.69, 9.17) is 11.6 Å². The second-order valence-corrected chi connectivity index (χ2v) is 6.45. The van der Waals surface area contributed by atoms with Gasteiger partial charge in [0.25, 0.3) is 5.91 Å². The summed E-state index contributed by atoms with van der Waals surface area (Å²) in [6.07, 6.45) is 1.26. The first-order valence-corrected chi connectivity index (χ1v) is 8.31. The van der Waals surface area contributed by atoms with Crippen LogP contribution in [-0.2, 0) is 0 Å². The van der Waals surface area contributed by atoms with E-state index in [9.17, 15) is 9.90 Å². The zero-order valence-electron chi connectivity index (χ0n) is 12.9. The maximum atomic E-state index is 12.6. The van der Waals surface area contributed by atoms with E-state index in [0.29, 0.717) is 17.1 Å². The van der Waals surface area contributed by atoms with E-state index in [-0.39, 0.29) is 11.8 Å². The highest BCUT2D eigenvalue weighted by Crippen LogP contribution is 2.30. The fourth-order valence-corrected chi connectivity index (χ4v) is 3.27. The Morgan fingerprint density at radius 1 is 1.13 bits per heavy atom. The quantitative estimate of drug-likeness (QED) is 0.927. The summed E-state index contributed by atoms with van der Waals surface area (Å²) in [6, 6.07) is 16.6. The lowest BCUT2D eigenvalue weighted by atomic mass is 9.88. The van der Waals surface area contributed by atoms with Gasteiger partial charge in [0.15, 0.2) is 0 Å². The molecule has 0 aromatic heterocycles. The first-order valence-electron chi connectivity index (χ1n) is 7.93. The molecule has 23 heavy (non-hydrogen) atoms. The Morgan fingerprint density at radius 3 is 2.52 bits per heavy atom. The molecule has 0 spiro atoms. The summed E-state index contributed by atoms with van der Waals surface area (Å²) in [5.41, 5.74) is 1.56. The van der Waals surface area contributed by atoms with Gasteiger partial charge in [-0.1, -0.05) is 41.9 Å². The van der Waals surface area contributed by atoms with E-state index in [1.54, 1.807) is 12.1 Å². The molecule has 0 radical (unpaired) electrons. The van der Waals surface area contributed by atoms with Crippen LogP contribution in [-0.4, -0.2) is 29.0 Å². The van der Waals surface area contributed by atoms with Crippen molar-refractivity contribution in [1.29, 1.82) is 0 Å². The van der Waals surface area contributed by atoms with Gasteiger partial charge in [-0.2, -0.15) is 0 Å². The van der Waals surface area contributed by atoms with E-state index in [1.807, 2.05) is 47.4 Å². The van der Waals surface area contributed by atoms with Crippen LogP contribution in [0.25, 0.3) is 0 Å². The Labute approximate surface area is 141 Å². The van der Waals surface area contributed by atoms with Crippen molar-refractivity contribution in [2.45, 2.75) is 18.9 Å². The molecule has 1 fully saturated rings. The van der Waals surface area contributed by atoms with Crippen molar-refractivity contribution in [3.63, 3.8) is 0 Å². The Morgan fingerprint density at radius 2 is 1.83 bits per heavy atom. The molecule has 0 aliphatic carbocycles. The second-order valence-electron chi connectivity index (χ2n) is 6.02. The third kappa shape index (κ3) is 3.74. The van der Waals surface area contributed by atoms with Crippen molar-refractivity contribution in [3.8, 4) is 0 Å². The molecular weight excluding hydrogens is 310 g/mol. The zero-order chi connectivity index (χ0) is 16.2. The minimum absolute atomic E-state index is 0.0404. The molecule has 120 valence electrons. The lowest BCUT2D eigenvalue weighted by Gasteiger charge is -2.35. The van der Waals surface area contributed by atoms with Crippen LogP contribution in [0.1, 0.15) is 34.9 Å². The monoisotopic (exact) mass is 329 g/mol. The van der Waals surface area contributed by atoms with Crippen LogP contribution in [0.4, 0.5) is 0 Å². The molecule has 2 atom stereocenters. The third-order valence-corrected chi connectivity index (χ3v) is 4.68. The smallest absolute Gasteiger partial charge is 0.253 e. The molecule has 1 saturated heterocycles. The van der Waals surface area contributed by atoms with Gasteiger partial charge in [0.1, 0.15) is 0 Å². The van der Waals surface area contributed by atoms with Gasteiger partial charge in [-0.05, 0) is 42.7 Å². The molecule has 1 heterocycles. The minimum Gasteiger partial charge on any atom is -0.388 e. The number of carbonyl (C=O) groups is 1. The van der Waals surface area contributed by atoms with Gasteiger partial charge in [-0.15, -0.1) is 0 Å².